The number of carbonyl (C=O) groups is 1. The van der Waals surface area contributed by atoms with Gasteiger partial charge >= 0.3 is 0 Å². The molecule has 2 rings (SSSR count). The van der Waals surface area contributed by atoms with Gasteiger partial charge in [-0.05, 0) is 12.1 Å². The third-order valence-corrected chi connectivity index (χ3v) is 1.86. The number of nitrogens with zero attached hydrogens (tertiary/aromatic N) is 2. The van der Waals surface area contributed by atoms with Crippen LogP contribution in [0.15, 0.2) is 24.5 Å². The Hall–Kier alpha value is -1.84. The molecule has 0 aliphatic rings. The van der Waals surface area contributed by atoms with E-state index in [0.29, 0.717) is 11.3 Å². The smallest absolute Gasteiger partial charge is 0.195 e. The number of aromatic hydroxyl groups is 1. The first-order valence-corrected chi connectivity index (χ1v) is 3.86. The fourth-order valence-corrected chi connectivity index (χ4v) is 1.27. The van der Waals surface area contributed by atoms with Gasteiger partial charge in [0.1, 0.15) is 11.3 Å². The Morgan fingerprint density at radius 3 is 3.08 bits per heavy atom. The van der Waals surface area contributed by atoms with Crippen molar-refractivity contribution < 1.29 is 9.90 Å². The zero-order chi connectivity index (χ0) is 9.42. The van der Waals surface area contributed by atoms with E-state index in [1.54, 1.807) is 22.7 Å². The number of aromatic nitrogens is 2. The predicted octanol–water partition coefficient (Wildman–Crippen LogP) is 1.24. The number of hydrogen-bond donors (Lipinski definition) is 1. The van der Waals surface area contributed by atoms with Gasteiger partial charge in [0.15, 0.2) is 11.6 Å². The second-order valence-electron chi connectivity index (χ2n) is 2.79. The SMILES string of the molecule is CC(=O)c1ncc2c(O)cccn12. The van der Waals surface area contributed by atoms with Crippen LogP contribution in [-0.4, -0.2) is 20.3 Å². The molecule has 0 saturated carbocycles. The van der Waals surface area contributed by atoms with Crippen molar-refractivity contribution in [3.8, 4) is 5.75 Å². The van der Waals surface area contributed by atoms with Crippen molar-refractivity contribution in [1.82, 2.24) is 9.38 Å². The van der Waals surface area contributed by atoms with Crippen molar-refractivity contribution >= 4 is 11.3 Å². The van der Waals surface area contributed by atoms with E-state index < -0.39 is 0 Å². The maximum Gasteiger partial charge on any atom is 0.195 e. The molecule has 2 aromatic rings. The molecule has 0 fully saturated rings. The van der Waals surface area contributed by atoms with Crippen molar-refractivity contribution in [2.75, 3.05) is 0 Å². The van der Waals surface area contributed by atoms with E-state index in [4.69, 9.17) is 0 Å². The summed E-state index contributed by atoms with van der Waals surface area (Å²) in [6, 6.07) is 3.22. The zero-order valence-electron chi connectivity index (χ0n) is 7.06. The molecule has 0 aliphatic heterocycles. The first-order valence-electron chi connectivity index (χ1n) is 3.86. The van der Waals surface area contributed by atoms with Crippen molar-refractivity contribution in [1.29, 1.82) is 0 Å². The van der Waals surface area contributed by atoms with Crippen LogP contribution < -0.4 is 0 Å². The van der Waals surface area contributed by atoms with Crippen molar-refractivity contribution in [3.05, 3.63) is 30.4 Å². The molecule has 0 aliphatic carbocycles. The molecule has 0 atom stereocenters. The lowest BCUT2D eigenvalue weighted by molar-refractivity contribution is 0.100. The maximum absolute atomic E-state index is 11.1. The zero-order valence-corrected chi connectivity index (χ0v) is 7.06. The van der Waals surface area contributed by atoms with Crippen molar-refractivity contribution in [2.45, 2.75) is 6.92 Å². The summed E-state index contributed by atoms with van der Waals surface area (Å²) in [5.41, 5.74) is 0.549. The molecule has 0 unspecified atom stereocenters. The summed E-state index contributed by atoms with van der Waals surface area (Å²) in [7, 11) is 0. The van der Waals surface area contributed by atoms with E-state index in [2.05, 4.69) is 4.98 Å². The van der Waals surface area contributed by atoms with Gasteiger partial charge in [-0.25, -0.2) is 4.98 Å². The van der Waals surface area contributed by atoms with Crippen LogP contribution in [0.4, 0.5) is 0 Å². The molecule has 13 heavy (non-hydrogen) atoms. The molecular formula is C9H8N2O2. The van der Waals surface area contributed by atoms with Crippen LogP contribution >= 0.6 is 0 Å². The van der Waals surface area contributed by atoms with Crippen LogP contribution in [0.25, 0.3) is 5.52 Å². The van der Waals surface area contributed by atoms with E-state index in [-0.39, 0.29) is 11.5 Å². The van der Waals surface area contributed by atoms with Crippen LogP contribution in [-0.2, 0) is 0 Å². The summed E-state index contributed by atoms with van der Waals surface area (Å²) in [6.45, 7) is 1.44. The van der Waals surface area contributed by atoms with Crippen LogP contribution in [0.1, 0.15) is 17.5 Å². The molecule has 0 amide bonds. The lowest BCUT2D eigenvalue weighted by atomic mass is 10.4. The number of imidazole rings is 1. The van der Waals surface area contributed by atoms with Gasteiger partial charge in [-0.15, -0.1) is 0 Å². The van der Waals surface area contributed by atoms with Gasteiger partial charge in [0, 0.05) is 13.1 Å². The summed E-state index contributed by atoms with van der Waals surface area (Å²) in [6.07, 6.45) is 3.17. The lowest BCUT2D eigenvalue weighted by Gasteiger charge is -1.97. The summed E-state index contributed by atoms with van der Waals surface area (Å²) in [5, 5.41) is 9.39. The summed E-state index contributed by atoms with van der Waals surface area (Å²) < 4.78 is 1.57. The van der Waals surface area contributed by atoms with Crippen LogP contribution in [0.2, 0.25) is 0 Å². The third kappa shape index (κ3) is 1.07. The van der Waals surface area contributed by atoms with E-state index in [1.807, 2.05) is 0 Å². The molecule has 0 aromatic carbocycles. The van der Waals surface area contributed by atoms with Crippen LogP contribution in [0.5, 0.6) is 5.75 Å². The highest BCUT2D eigenvalue weighted by atomic mass is 16.3. The van der Waals surface area contributed by atoms with E-state index >= 15 is 0 Å². The van der Waals surface area contributed by atoms with Gasteiger partial charge in [0.2, 0.25) is 0 Å². The standard InChI is InChI=1S/C9H8N2O2/c1-6(12)9-10-5-7-8(13)3-2-4-11(7)9/h2-5,13H,1H3. The second kappa shape index (κ2) is 2.58. The van der Waals surface area contributed by atoms with Gasteiger partial charge in [0.05, 0.1) is 6.20 Å². The molecule has 1 N–H and O–H groups in total. The minimum Gasteiger partial charge on any atom is -0.506 e. The van der Waals surface area contributed by atoms with Crippen LogP contribution in [0.3, 0.4) is 0 Å². The average Bonchev–Trinajstić information content (AvgIpc) is 2.48. The summed E-state index contributed by atoms with van der Waals surface area (Å²) >= 11 is 0. The number of rotatable bonds is 1. The fourth-order valence-electron chi connectivity index (χ4n) is 1.27. The number of carbonyl (C=O) groups excluding carboxylic acids is 1. The maximum atomic E-state index is 11.1. The molecule has 0 saturated heterocycles. The number of hydrogen-bond acceptors (Lipinski definition) is 3. The molecule has 66 valence electrons. The Morgan fingerprint density at radius 2 is 2.38 bits per heavy atom. The van der Waals surface area contributed by atoms with E-state index in [1.165, 1.54) is 13.1 Å². The highest BCUT2D eigenvalue weighted by Crippen LogP contribution is 2.18. The Kier molecular flexibility index (Phi) is 1.55. The minimum absolute atomic E-state index is 0.120. The topological polar surface area (TPSA) is 54.6 Å². The quantitative estimate of drug-likeness (QED) is 0.665. The second-order valence-corrected chi connectivity index (χ2v) is 2.79. The Bertz CT molecular complexity index is 473. The average molecular weight is 176 g/mol. The summed E-state index contributed by atoms with van der Waals surface area (Å²) in [5.74, 6) is 0.346. The largest absolute Gasteiger partial charge is 0.506 e. The molecular weight excluding hydrogens is 168 g/mol. The highest BCUT2D eigenvalue weighted by molar-refractivity contribution is 5.91. The Morgan fingerprint density at radius 1 is 1.62 bits per heavy atom. The number of Topliss-reactive ketones (excluding diaryl/α,β-unsaturated/α-hetero) is 1. The van der Waals surface area contributed by atoms with E-state index in [9.17, 15) is 9.90 Å². The highest BCUT2D eigenvalue weighted by Gasteiger charge is 2.09. The molecule has 0 radical (unpaired) electrons. The van der Waals surface area contributed by atoms with Gasteiger partial charge in [0.25, 0.3) is 0 Å². The third-order valence-electron chi connectivity index (χ3n) is 1.86. The van der Waals surface area contributed by atoms with E-state index in [0.717, 1.165) is 0 Å². The minimum atomic E-state index is -0.120. The molecule has 0 spiro atoms. The van der Waals surface area contributed by atoms with Crippen molar-refractivity contribution in [2.24, 2.45) is 0 Å². The normalized spacial score (nSPS) is 10.5. The monoisotopic (exact) mass is 176 g/mol. The van der Waals surface area contributed by atoms with Gasteiger partial charge in [-0.2, -0.15) is 0 Å². The number of pyridine rings is 1. The van der Waals surface area contributed by atoms with Gasteiger partial charge < -0.3 is 5.11 Å². The number of ketones is 1. The molecule has 4 nitrogen and oxygen atoms in total. The van der Waals surface area contributed by atoms with Crippen molar-refractivity contribution in [3.63, 3.8) is 0 Å². The molecule has 2 aromatic heterocycles. The summed E-state index contributed by atoms with van der Waals surface area (Å²) in [4.78, 5) is 15.0. The fraction of sp³-hybridized carbons (Fsp3) is 0.111. The Balaban J connectivity index is 2.83. The lowest BCUT2D eigenvalue weighted by Crippen LogP contribution is -1.99. The first kappa shape index (κ1) is 7.79. The predicted molar refractivity (Wildman–Crippen MR) is 46.9 cm³/mol. The molecule has 2 heterocycles. The number of fused-ring (bicyclic) bond motifs is 1. The molecule has 4 heteroatoms. The first-order chi connectivity index (χ1) is 6.20. The van der Waals surface area contributed by atoms with Gasteiger partial charge in [-0.3, -0.25) is 9.20 Å². The van der Waals surface area contributed by atoms with Gasteiger partial charge in [-0.1, -0.05) is 0 Å². The molecule has 0 bridgehead atoms. The Labute approximate surface area is 74.5 Å². The van der Waals surface area contributed by atoms with Crippen LogP contribution in [0, 0.1) is 0 Å².